The average molecular weight is 395 g/mol. The molecule has 1 N–H and O–H groups in total. The fraction of sp³-hybridized carbons (Fsp3) is 0.478. The molecule has 1 amide bonds. The first kappa shape index (κ1) is 19.9. The van der Waals surface area contributed by atoms with Gasteiger partial charge in [-0.15, -0.1) is 0 Å². The summed E-state index contributed by atoms with van der Waals surface area (Å²) in [4.78, 5) is 21.6. The maximum Gasteiger partial charge on any atom is 0.270 e. The standard InChI is InChI=1S/C23H30N4O2/c1-18-16-26(11-12-29-18)17-20-6-4-5-19(13-20)15-25-23(28)22-14-21(7-8-24-22)27-9-2-3-10-27/h4-8,13-14,18H,2-3,9-12,15-17H2,1H3,(H,25,28). The fourth-order valence-corrected chi connectivity index (χ4v) is 4.12. The predicted molar refractivity (Wildman–Crippen MR) is 114 cm³/mol. The molecule has 2 aromatic rings. The fourth-order valence-electron chi connectivity index (χ4n) is 4.12. The van der Waals surface area contributed by atoms with Gasteiger partial charge >= 0.3 is 0 Å². The molecule has 6 heteroatoms. The van der Waals surface area contributed by atoms with Crippen LogP contribution >= 0.6 is 0 Å². The van der Waals surface area contributed by atoms with Crippen LogP contribution in [0.25, 0.3) is 0 Å². The Kier molecular flexibility index (Phi) is 6.42. The zero-order valence-corrected chi connectivity index (χ0v) is 17.1. The maximum absolute atomic E-state index is 12.6. The Bertz CT molecular complexity index is 835. The van der Waals surface area contributed by atoms with Gasteiger partial charge in [-0.1, -0.05) is 24.3 Å². The molecule has 0 radical (unpaired) electrons. The summed E-state index contributed by atoms with van der Waals surface area (Å²) in [7, 11) is 0. The number of hydrogen-bond acceptors (Lipinski definition) is 5. The van der Waals surface area contributed by atoms with E-state index in [1.807, 2.05) is 12.1 Å². The van der Waals surface area contributed by atoms with Crippen LogP contribution in [0.2, 0.25) is 0 Å². The van der Waals surface area contributed by atoms with Crippen LogP contribution in [0.5, 0.6) is 0 Å². The van der Waals surface area contributed by atoms with E-state index in [-0.39, 0.29) is 12.0 Å². The number of amides is 1. The van der Waals surface area contributed by atoms with Gasteiger partial charge in [0.25, 0.3) is 5.91 Å². The second-order valence-electron chi connectivity index (χ2n) is 8.01. The number of carbonyl (C=O) groups excluding carboxylic acids is 1. The van der Waals surface area contributed by atoms with Crippen molar-refractivity contribution < 1.29 is 9.53 Å². The van der Waals surface area contributed by atoms with E-state index in [0.717, 1.165) is 50.6 Å². The molecule has 0 aliphatic carbocycles. The minimum absolute atomic E-state index is 0.126. The number of nitrogens with zero attached hydrogens (tertiary/aromatic N) is 3. The van der Waals surface area contributed by atoms with Gasteiger partial charge in [-0.2, -0.15) is 0 Å². The smallest absolute Gasteiger partial charge is 0.270 e. The topological polar surface area (TPSA) is 57.7 Å². The minimum Gasteiger partial charge on any atom is -0.376 e. The SMILES string of the molecule is CC1CN(Cc2cccc(CNC(=O)c3cc(N4CCCC4)ccn3)c2)CCO1. The molecule has 2 aliphatic heterocycles. The summed E-state index contributed by atoms with van der Waals surface area (Å²) in [5.74, 6) is -0.126. The number of pyridine rings is 1. The number of morpholine rings is 1. The highest BCUT2D eigenvalue weighted by atomic mass is 16.5. The Labute approximate surface area is 172 Å². The Morgan fingerprint density at radius 3 is 2.83 bits per heavy atom. The second kappa shape index (κ2) is 9.37. The largest absolute Gasteiger partial charge is 0.376 e. The number of anilines is 1. The molecule has 1 aromatic carbocycles. The zero-order chi connectivity index (χ0) is 20.1. The van der Waals surface area contributed by atoms with Crippen molar-refractivity contribution in [3.63, 3.8) is 0 Å². The van der Waals surface area contributed by atoms with Gasteiger partial charge < -0.3 is 15.0 Å². The van der Waals surface area contributed by atoms with Crippen LogP contribution in [0.3, 0.4) is 0 Å². The quantitative estimate of drug-likeness (QED) is 0.817. The number of nitrogens with one attached hydrogen (secondary N) is 1. The molecule has 1 unspecified atom stereocenters. The van der Waals surface area contributed by atoms with E-state index < -0.39 is 0 Å². The molecular formula is C23H30N4O2. The van der Waals surface area contributed by atoms with Gasteiger partial charge in [0.1, 0.15) is 5.69 Å². The molecule has 0 bridgehead atoms. The number of ether oxygens (including phenoxy) is 1. The number of benzene rings is 1. The first-order valence-corrected chi connectivity index (χ1v) is 10.6. The molecule has 4 rings (SSSR count). The molecule has 1 aromatic heterocycles. The van der Waals surface area contributed by atoms with Crippen molar-refractivity contribution in [2.45, 2.75) is 39.0 Å². The molecule has 6 nitrogen and oxygen atoms in total. The number of rotatable bonds is 6. The number of aromatic nitrogens is 1. The van der Waals surface area contributed by atoms with Crippen molar-refractivity contribution >= 4 is 11.6 Å². The molecule has 3 heterocycles. The molecular weight excluding hydrogens is 364 g/mol. The normalized spacial score (nSPS) is 20.0. The first-order chi connectivity index (χ1) is 14.2. The highest BCUT2D eigenvalue weighted by Crippen LogP contribution is 2.20. The van der Waals surface area contributed by atoms with E-state index in [0.29, 0.717) is 12.2 Å². The Hall–Kier alpha value is -2.44. The van der Waals surface area contributed by atoms with Gasteiger partial charge in [0, 0.05) is 51.2 Å². The van der Waals surface area contributed by atoms with Crippen molar-refractivity contribution in [1.29, 1.82) is 0 Å². The zero-order valence-electron chi connectivity index (χ0n) is 17.1. The third-order valence-corrected chi connectivity index (χ3v) is 5.62. The lowest BCUT2D eigenvalue weighted by Gasteiger charge is -2.31. The van der Waals surface area contributed by atoms with Gasteiger partial charge in [0.15, 0.2) is 0 Å². The number of carbonyl (C=O) groups is 1. The molecule has 0 spiro atoms. The van der Waals surface area contributed by atoms with Crippen LogP contribution in [-0.4, -0.2) is 54.7 Å². The lowest BCUT2D eigenvalue weighted by molar-refractivity contribution is -0.0212. The van der Waals surface area contributed by atoms with E-state index in [1.54, 1.807) is 6.20 Å². The van der Waals surface area contributed by atoms with Crippen molar-refractivity contribution in [3.05, 3.63) is 59.4 Å². The van der Waals surface area contributed by atoms with E-state index in [1.165, 1.54) is 18.4 Å². The molecule has 29 heavy (non-hydrogen) atoms. The summed E-state index contributed by atoms with van der Waals surface area (Å²) in [6.45, 7) is 8.35. The lowest BCUT2D eigenvalue weighted by Crippen LogP contribution is -2.40. The molecule has 1 atom stereocenters. The Morgan fingerprint density at radius 2 is 2.00 bits per heavy atom. The monoisotopic (exact) mass is 394 g/mol. The van der Waals surface area contributed by atoms with Gasteiger partial charge in [-0.05, 0) is 43.0 Å². The average Bonchev–Trinajstić information content (AvgIpc) is 3.27. The molecule has 2 aliphatic rings. The Morgan fingerprint density at radius 1 is 1.17 bits per heavy atom. The van der Waals surface area contributed by atoms with Crippen molar-refractivity contribution in [3.8, 4) is 0 Å². The van der Waals surface area contributed by atoms with Crippen LogP contribution in [0, 0.1) is 0 Å². The highest BCUT2D eigenvalue weighted by Gasteiger charge is 2.17. The van der Waals surface area contributed by atoms with E-state index in [2.05, 4.69) is 51.3 Å². The molecule has 0 saturated carbocycles. The van der Waals surface area contributed by atoms with Crippen molar-refractivity contribution in [2.75, 3.05) is 37.7 Å². The van der Waals surface area contributed by atoms with Crippen LogP contribution in [0.15, 0.2) is 42.6 Å². The summed E-state index contributed by atoms with van der Waals surface area (Å²) in [6.07, 6.45) is 4.44. The summed E-state index contributed by atoms with van der Waals surface area (Å²) in [6, 6.07) is 12.3. The van der Waals surface area contributed by atoms with Gasteiger partial charge in [-0.25, -0.2) is 0 Å². The van der Waals surface area contributed by atoms with E-state index >= 15 is 0 Å². The summed E-state index contributed by atoms with van der Waals surface area (Å²) < 4.78 is 5.62. The lowest BCUT2D eigenvalue weighted by atomic mass is 10.1. The van der Waals surface area contributed by atoms with Crippen LogP contribution in [0.4, 0.5) is 5.69 Å². The van der Waals surface area contributed by atoms with Crippen LogP contribution in [-0.2, 0) is 17.8 Å². The van der Waals surface area contributed by atoms with Crippen molar-refractivity contribution in [1.82, 2.24) is 15.2 Å². The predicted octanol–water partition coefficient (Wildman–Crippen LogP) is 2.83. The third kappa shape index (κ3) is 5.34. The third-order valence-electron chi connectivity index (χ3n) is 5.62. The summed E-state index contributed by atoms with van der Waals surface area (Å²) in [5.41, 5.74) is 3.94. The van der Waals surface area contributed by atoms with Gasteiger partial charge in [0.2, 0.25) is 0 Å². The first-order valence-electron chi connectivity index (χ1n) is 10.6. The number of hydrogen-bond donors (Lipinski definition) is 1. The summed E-state index contributed by atoms with van der Waals surface area (Å²) >= 11 is 0. The van der Waals surface area contributed by atoms with E-state index in [4.69, 9.17) is 4.74 Å². The molecule has 154 valence electrons. The van der Waals surface area contributed by atoms with Crippen LogP contribution in [0.1, 0.15) is 41.4 Å². The van der Waals surface area contributed by atoms with Gasteiger partial charge in [0.05, 0.1) is 12.7 Å². The second-order valence-corrected chi connectivity index (χ2v) is 8.01. The van der Waals surface area contributed by atoms with Crippen LogP contribution < -0.4 is 10.2 Å². The van der Waals surface area contributed by atoms with Crippen molar-refractivity contribution in [2.24, 2.45) is 0 Å². The Balaban J connectivity index is 1.34. The van der Waals surface area contributed by atoms with Gasteiger partial charge in [-0.3, -0.25) is 14.7 Å². The minimum atomic E-state index is -0.126. The maximum atomic E-state index is 12.6. The van der Waals surface area contributed by atoms with E-state index in [9.17, 15) is 4.79 Å². The highest BCUT2D eigenvalue weighted by molar-refractivity contribution is 5.93. The molecule has 2 fully saturated rings. The molecule has 2 saturated heterocycles. The summed E-state index contributed by atoms with van der Waals surface area (Å²) in [5, 5.41) is 3.02.